The van der Waals surface area contributed by atoms with E-state index >= 15 is 0 Å². The molecule has 0 bridgehead atoms. The molecule has 0 spiro atoms. The molecule has 0 saturated heterocycles. The van der Waals surface area contributed by atoms with Gasteiger partial charge in [0.15, 0.2) is 0 Å². The Hall–Kier alpha value is -2.57. The minimum absolute atomic E-state index is 0.0773. The lowest BCUT2D eigenvalue weighted by molar-refractivity contribution is -0.123. The van der Waals surface area contributed by atoms with Gasteiger partial charge in [0.1, 0.15) is 6.04 Å². The molecule has 1 unspecified atom stereocenters. The fraction of sp³-hybridized carbons (Fsp3) is 0.250. The molecule has 0 saturated carbocycles. The normalized spacial score (nSPS) is 12.3. The summed E-state index contributed by atoms with van der Waals surface area (Å²) in [4.78, 5) is 36.9. The Morgan fingerprint density at radius 3 is 2.68 bits per heavy atom. The number of carbonyl (C=O) groups excluding carboxylic acids is 1. The third-order valence-corrected chi connectivity index (χ3v) is 2.98. The molecule has 100 valence electrons. The predicted octanol–water partition coefficient (Wildman–Crippen LogP) is 0.335. The molecule has 3 N–H and O–H groups in total. The van der Waals surface area contributed by atoms with Crippen LogP contribution in [0.1, 0.15) is 23.3 Å². The lowest BCUT2D eigenvalue weighted by Gasteiger charge is -2.11. The summed E-state index contributed by atoms with van der Waals surface area (Å²) < 4.78 is 1.29. The van der Waals surface area contributed by atoms with Crippen LogP contribution < -0.4 is 11.0 Å². The first-order chi connectivity index (χ1) is 8.95. The van der Waals surface area contributed by atoms with E-state index in [1.54, 1.807) is 6.92 Å². The molecular formula is C12H13N3O4. The van der Waals surface area contributed by atoms with Crippen LogP contribution in [0.15, 0.2) is 23.0 Å². The summed E-state index contributed by atoms with van der Waals surface area (Å²) in [7, 11) is 1.49. The van der Waals surface area contributed by atoms with Crippen molar-refractivity contribution in [3.05, 3.63) is 34.2 Å². The van der Waals surface area contributed by atoms with E-state index in [9.17, 15) is 14.4 Å². The number of aromatic amines is 1. The maximum absolute atomic E-state index is 11.9. The van der Waals surface area contributed by atoms with Crippen molar-refractivity contribution in [2.75, 3.05) is 7.05 Å². The molecule has 7 heteroatoms. The van der Waals surface area contributed by atoms with Gasteiger partial charge in [-0.2, -0.15) is 0 Å². The maximum Gasteiger partial charge on any atom is 0.335 e. The van der Waals surface area contributed by atoms with Gasteiger partial charge in [-0.3, -0.25) is 9.36 Å². The first-order valence-corrected chi connectivity index (χ1v) is 5.65. The Kier molecular flexibility index (Phi) is 3.12. The summed E-state index contributed by atoms with van der Waals surface area (Å²) in [5.74, 6) is -1.37. The number of nitrogens with zero attached hydrogens (tertiary/aromatic N) is 1. The SMILES string of the molecule is CNC(=O)C(C)n1c(=O)[nH]c2cc(C(=O)O)ccc21. The molecule has 19 heavy (non-hydrogen) atoms. The zero-order valence-electron chi connectivity index (χ0n) is 10.4. The van der Waals surface area contributed by atoms with Crippen molar-refractivity contribution in [2.45, 2.75) is 13.0 Å². The number of hydrogen-bond acceptors (Lipinski definition) is 3. The number of amides is 1. The van der Waals surface area contributed by atoms with Crippen molar-refractivity contribution in [2.24, 2.45) is 0 Å². The molecule has 1 aromatic carbocycles. The number of likely N-dealkylation sites (N-methyl/N-ethyl adjacent to an activating group) is 1. The van der Waals surface area contributed by atoms with Gasteiger partial charge >= 0.3 is 11.7 Å². The summed E-state index contributed by atoms with van der Waals surface area (Å²) in [6.45, 7) is 1.60. The van der Waals surface area contributed by atoms with Gasteiger partial charge in [-0.15, -0.1) is 0 Å². The number of H-pyrrole nitrogens is 1. The Bertz CT molecular complexity index is 713. The zero-order valence-corrected chi connectivity index (χ0v) is 10.4. The highest BCUT2D eigenvalue weighted by atomic mass is 16.4. The van der Waals surface area contributed by atoms with Gasteiger partial charge in [0.2, 0.25) is 5.91 Å². The number of aromatic carboxylic acids is 1. The van der Waals surface area contributed by atoms with E-state index < -0.39 is 17.7 Å². The fourth-order valence-electron chi connectivity index (χ4n) is 1.97. The summed E-state index contributed by atoms with van der Waals surface area (Å²) in [6, 6.07) is 3.59. The second kappa shape index (κ2) is 4.60. The van der Waals surface area contributed by atoms with Crippen LogP contribution in [0.25, 0.3) is 11.0 Å². The van der Waals surface area contributed by atoms with E-state index in [0.717, 1.165) is 0 Å². The van der Waals surface area contributed by atoms with Crippen LogP contribution in [0.3, 0.4) is 0 Å². The summed E-state index contributed by atoms with van der Waals surface area (Å²) >= 11 is 0. The van der Waals surface area contributed by atoms with Gasteiger partial charge in [0.25, 0.3) is 0 Å². The second-order valence-electron chi connectivity index (χ2n) is 4.13. The molecule has 1 heterocycles. The van der Waals surface area contributed by atoms with Gasteiger partial charge < -0.3 is 15.4 Å². The first kappa shape index (κ1) is 12.9. The Morgan fingerprint density at radius 1 is 1.42 bits per heavy atom. The van der Waals surface area contributed by atoms with Crippen molar-refractivity contribution < 1.29 is 14.7 Å². The number of aromatic nitrogens is 2. The average molecular weight is 263 g/mol. The van der Waals surface area contributed by atoms with Crippen molar-refractivity contribution in [3.8, 4) is 0 Å². The Balaban J connectivity index is 2.63. The highest BCUT2D eigenvalue weighted by Crippen LogP contribution is 2.16. The van der Waals surface area contributed by atoms with E-state index in [2.05, 4.69) is 10.3 Å². The van der Waals surface area contributed by atoms with E-state index in [4.69, 9.17) is 5.11 Å². The van der Waals surface area contributed by atoms with Gasteiger partial charge in [-0.25, -0.2) is 9.59 Å². The molecule has 0 aliphatic carbocycles. The molecule has 1 atom stereocenters. The number of benzene rings is 1. The molecule has 2 aromatic rings. The van der Waals surface area contributed by atoms with E-state index in [-0.39, 0.29) is 11.5 Å². The third kappa shape index (κ3) is 2.10. The first-order valence-electron chi connectivity index (χ1n) is 5.65. The van der Waals surface area contributed by atoms with Crippen LogP contribution in [-0.2, 0) is 4.79 Å². The van der Waals surface area contributed by atoms with Gasteiger partial charge in [0, 0.05) is 7.05 Å². The van der Waals surface area contributed by atoms with Crippen molar-refractivity contribution in [3.63, 3.8) is 0 Å². The maximum atomic E-state index is 11.9. The predicted molar refractivity (Wildman–Crippen MR) is 68.3 cm³/mol. The van der Waals surface area contributed by atoms with Gasteiger partial charge in [0.05, 0.1) is 16.6 Å². The summed E-state index contributed by atoms with van der Waals surface area (Å²) in [6.07, 6.45) is 0. The van der Waals surface area contributed by atoms with Crippen molar-refractivity contribution >= 4 is 22.9 Å². The van der Waals surface area contributed by atoms with Crippen LogP contribution in [-0.4, -0.2) is 33.6 Å². The lowest BCUT2D eigenvalue weighted by atomic mass is 10.2. The number of imidazole rings is 1. The Labute approximate surface area is 107 Å². The number of carboxylic acids is 1. The van der Waals surface area contributed by atoms with E-state index in [1.807, 2.05) is 0 Å². The third-order valence-electron chi connectivity index (χ3n) is 2.98. The number of nitrogens with one attached hydrogen (secondary N) is 2. The largest absolute Gasteiger partial charge is 0.478 e. The molecule has 1 aromatic heterocycles. The van der Waals surface area contributed by atoms with Crippen LogP contribution >= 0.6 is 0 Å². The molecular weight excluding hydrogens is 250 g/mol. The minimum Gasteiger partial charge on any atom is -0.478 e. The molecule has 0 aliphatic rings. The molecule has 0 fully saturated rings. The number of fused-ring (bicyclic) bond motifs is 1. The van der Waals surface area contributed by atoms with Crippen LogP contribution in [0.2, 0.25) is 0 Å². The quantitative estimate of drug-likeness (QED) is 0.742. The molecule has 7 nitrogen and oxygen atoms in total. The highest BCUT2D eigenvalue weighted by molar-refractivity contribution is 5.92. The minimum atomic E-state index is -1.07. The number of carboxylic acid groups (broad SMARTS) is 1. The molecule has 0 radical (unpaired) electrons. The monoisotopic (exact) mass is 263 g/mol. The van der Waals surface area contributed by atoms with Gasteiger partial charge in [-0.05, 0) is 25.1 Å². The van der Waals surface area contributed by atoms with Crippen LogP contribution in [0, 0.1) is 0 Å². The van der Waals surface area contributed by atoms with Crippen molar-refractivity contribution in [1.29, 1.82) is 0 Å². The van der Waals surface area contributed by atoms with E-state index in [0.29, 0.717) is 11.0 Å². The second-order valence-corrected chi connectivity index (χ2v) is 4.13. The standard InChI is InChI=1S/C12H13N3O4/c1-6(10(16)13-2)15-9-4-3-7(11(17)18)5-8(9)14-12(15)19/h3-6H,1-2H3,(H,13,16)(H,14,19)(H,17,18). The fourth-order valence-corrected chi connectivity index (χ4v) is 1.97. The highest BCUT2D eigenvalue weighted by Gasteiger charge is 2.19. The number of carbonyl (C=O) groups is 2. The average Bonchev–Trinajstić information content (AvgIpc) is 2.71. The lowest BCUT2D eigenvalue weighted by Crippen LogP contribution is -2.32. The van der Waals surface area contributed by atoms with Crippen molar-refractivity contribution in [1.82, 2.24) is 14.9 Å². The summed E-state index contributed by atoms with van der Waals surface area (Å²) in [5, 5.41) is 11.4. The van der Waals surface area contributed by atoms with Gasteiger partial charge in [-0.1, -0.05) is 0 Å². The zero-order chi connectivity index (χ0) is 14.2. The van der Waals surface area contributed by atoms with Crippen LogP contribution in [0.4, 0.5) is 0 Å². The van der Waals surface area contributed by atoms with Crippen LogP contribution in [0.5, 0.6) is 0 Å². The van der Waals surface area contributed by atoms with E-state index in [1.165, 1.54) is 29.8 Å². The molecule has 0 aliphatic heterocycles. The Morgan fingerprint density at radius 2 is 2.11 bits per heavy atom. The molecule has 2 rings (SSSR count). The summed E-state index contributed by atoms with van der Waals surface area (Å²) in [5.41, 5.74) is 0.508. The topological polar surface area (TPSA) is 104 Å². The molecule has 1 amide bonds. The smallest absolute Gasteiger partial charge is 0.335 e. The number of rotatable bonds is 3. The number of hydrogen-bond donors (Lipinski definition) is 3.